The van der Waals surface area contributed by atoms with Gasteiger partial charge in [0, 0.05) is 18.2 Å². The Morgan fingerprint density at radius 1 is 1.35 bits per heavy atom. The van der Waals surface area contributed by atoms with Crippen molar-refractivity contribution in [3.05, 3.63) is 38.7 Å². The van der Waals surface area contributed by atoms with Crippen molar-refractivity contribution in [2.75, 3.05) is 5.73 Å². The van der Waals surface area contributed by atoms with Gasteiger partial charge < -0.3 is 10.7 Å². The van der Waals surface area contributed by atoms with Crippen LogP contribution in [0.3, 0.4) is 0 Å². The molecule has 0 radical (unpaired) electrons. The topological polar surface area (TPSA) is 118 Å². The van der Waals surface area contributed by atoms with Gasteiger partial charge in [0.15, 0.2) is 0 Å². The number of nitrogens with two attached hydrogens (primary N) is 1. The van der Waals surface area contributed by atoms with E-state index in [1.165, 1.54) is 6.07 Å². The van der Waals surface area contributed by atoms with E-state index in [9.17, 15) is 18.4 Å². The molecule has 104 valence electrons. The van der Waals surface area contributed by atoms with Crippen LogP contribution >= 0.6 is 0 Å². The number of anilines is 1. The SMILES string of the molecule is Nc1nnc(-c2c[nH]c(=O)[nH]c2=O)cc1C1CC1(F)F. The van der Waals surface area contributed by atoms with E-state index in [1.54, 1.807) is 0 Å². The number of aromatic amines is 2. The third-order valence-electron chi connectivity index (χ3n) is 3.15. The summed E-state index contributed by atoms with van der Waals surface area (Å²) in [6.45, 7) is 0. The van der Waals surface area contributed by atoms with Crippen LogP contribution in [0.2, 0.25) is 0 Å². The Hall–Kier alpha value is -2.58. The molecule has 1 atom stereocenters. The second-order valence-corrected chi connectivity index (χ2v) is 4.57. The molecule has 0 bridgehead atoms. The van der Waals surface area contributed by atoms with Crippen molar-refractivity contribution in [1.29, 1.82) is 0 Å². The van der Waals surface area contributed by atoms with Crippen LogP contribution in [0.25, 0.3) is 11.3 Å². The maximum atomic E-state index is 13.1. The molecular formula is C11H9F2N5O2. The van der Waals surface area contributed by atoms with Gasteiger partial charge >= 0.3 is 5.69 Å². The summed E-state index contributed by atoms with van der Waals surface area (Å²) in [6.07, 6.45) is 0.848. The smallest absolute Gasteiger partial charge is 0.325 e. The summed E-state index contributed by atoms with van der Waals surface area (Å²) >= 11 is 0. The van der Waals surface area contributed by atoms with Crippen LogP contribution in [0.5, 0.6) is 0 Å². The van der Waals surface area contributed by atoms with Gasteiger partial charge in [-0.3, -0.25) is 9.78 Å². The number of rotatable bonds is 2. The van der Waals surface area contributed by atoms with E-state index >= 15 is 0 Å². The molecule has 7 nitrogen and oxygen atoms in total. The average Bonchev–Trinajstić information content (AvgIpc) is 2.99. The number of hydrogen-bond acceptors (Lipinski definition) is 5. The highest BCUT2D eigenvalue weighted by Crippen LogP contribution is 2.56. The molecular weight excluding hydrogens is 272 g/mol. The van der Waals surface area contributed by atoms with E-state index in [1.807, 2.05) is 4.98 Å². The number of hydrogen-bond donors (Lipinski definition) is 3. The van der Waals surface area contributed by atoms with Gasteiger partial charge in [-0.2, -0.15) is 0 Å². The third kappa shape index (κ3) is 1.96. The fraction of sp³-hybridized carbons (Fsp3) is 0.273. The minimum atomic E-state index is -2.80. The molecule has 1 saturated carbocycles. The van der Waals surface area contributed by atoms with Crippen molar-refractivity contribution in [3.63, 3.8) is 0 Å². The molecule has 2 heterocycles. The lowest BCUT2D eigenvalue weighted by Gasteiger charge is -2.05. The van der Waals surface area contributed by atoms with E-state index in [2.05, 4.69) is 15.2 Å². The maximum absolute atomic E-state index is 13.1. The Morgan fingerprint density at radius 3 is 2.65 bits per heavy atom. The van der Waals surface area contributed by atoms with Crippen LogP contribution in [0.1, 0.15) is 17.9 Å². The van der Waals surface area contributed by atoms with Crippen LogP contribution in [-0.4, -0.2) is 26.1 Å². The quantitative estimate of drug-likeness (QED) is 0.728. The first-order valence-electron chi connectivity index (χ1n) is 5.72. The lowest BCUT2D eigenvalue weighted by Crippen LogP contribution is -2.23. The highest BCUT2D eigenvalue weighted by molar-refractivity contribution is 5.60. The Balaban J connectivity index is 2.10. The van der Waals surface area contributed by atoms with E-state index in [0.29, 0.717) is 0 Å². The Labute approximate surface area is 109 Å². The van der Waals surface area contributed by atoms with Crippen LogP contribution < -0.4 is 17.0 Å². The van der Waals surface area contributed by atoms with Crippen LogP contribution in [0.15, 0.2) is 21.9 Å². The third-order valence-corrected chi connectivity index (χ3v) is 3.15. The molecule has 0 saturated heterocycles. The summed E-state index contributed by atoms with van der Waals surface area (Å²) in [5.41, 5.74) is 4.46. The van der Waals surface area contributed by atoms with Crippen LogP contribution in [-0.2, 0) is 0 Å². The lowest BCUT2D eigenvalue weighted by molar-refractivity contribution is 0.112. The van der Waals surface area contributed by atoms with E-state index in [4.69, 9.17) is 5.73 Å². The first-order chi connectivity index (χ1) is 9.38. The summed E-state index contributed by atoms with van der Waals surface area (Å²) in [4.78, 5) is 26.9. The van der Waals surface area contributed by atoms with Crippen LogP contribution in [0.4, 0.5) is 14.6 Å². The largest absolute Gasteiger partial charge is 0.382 e. The van der Waals surface area contributed by atoms with Gasteiger partial charge in [-0.05, 0) is 6.07 Å². The predicted octanol–water partition coefficient (Wildman–Crippen LogP) is 0.225. The standard InChI is InChI=1S/C11H9F2N5O2/c12-11(13)2-6(11)4-1-7(17-18-8(4)14)5-3-15-10(20)16-9(5)19/h1,3,6H,2H2,(H2,14,18)(H2,15,16,19,20). The zero-order valence-corrected chi connectivity index (χ0v) is 9.98. The molecule has 2 aromatic heterocycles. The molecule has 3 rings (SSSR count). The number of nitrogen functional groups attached to an aromatic ring is 1. The van der Waals surface area contributed by atoms with Crippen molar-refractivity contribution in [3.8, 4) is 11.3 Å². The molecule has 0 spiro atoms. The molecule has 9 heteroatoms. The molecule has 20 heavy (non-hydrogen) atoms. The molecule has 2 aromatic rings. The fourth-order valence-corrected chi connectivity index (χ4v) is 1.98. The Morgan fingerprint density at radius 2 is 2.05 bits per heavy atom. The van der Waals surface area contributed by atoms with Crippen molar-refractivity contribution < 1.29 is 8.78 Å². The maximum Gasteiger partial charge on any atom is 0.325 e. The van der Waals surface area contributed by atoms with Gasteiger partial charge in [0.25, 0.3) is 11.5 Å². The molecule has 1 aliphatic carbocycles. The molecule has 4 N–H and O–H groups in total. The van der Waals surface area contributed by atoms with E-state index < -0.39 is 23.1 Å². The van der Waals surface area contributed by atoms with Crippen molar-refractivity contribution in [1.82, 2.24) is 20.2 Å². The average molecular weight is 281 g/mol. The van der Waals surface area contributed by atoms with Gasteiger partial charge in [0.05, 0.1) is 11.5 Å². The highest BCUT2D eigenvalue weighted by atomic mass is 19.3. The summed E-state index contributed by atoms with van der Waals surface area (Å²) < 4.78 is 26.2. The number of nitrogens with zero attached hydrogens (tertiary/aromatic N) is 2. The second-order valence-electron chi connectivity index (χ2n) is 4.57. The van der Waals surface area contributed by atoms with Gasteiger partial charge in [-0.15, -0.1) is 10.2 Å². The molecule has 1 fully saturated rings. The lowest BCUT2D eigenvalue weighted by atomic mass is 10.1. The number of alkyl halides is 2. The Kier molecular flexibility index (Phi) is 2.46. The predicted molar refractivity (Wildman–Crippen MR) is 65.4 cm³/mol. The van der Waals surface area contributed by atoms with E-state index in [-0.39, 0.29) is 29.1 Å². The molecule has 1 aliphatic rings. The summed E-state index contributed by atoms with van der Waals surface area (Å²) in [5.74, 6) is -3.89. The van der Waals surface area contributed by atoms with Gasteiger partial charge in [-0.1, -0.05) is 0 Å². The normalized spacial score (nSPS) is 19.8. The monoisotopic (exact) mass is 281 g/mol. The van der Waals surface area contributed by atoms with E-state index in [0.717, 1.165) is 6.20 Å². The summed E-state index contributed by atoms with van der Waals surface area (Å²) in [5, 5.41) is 7.29. The zero-order valence-electron chi connectivity index (χ0n) is 9.98. The molecule has 0 amide bonds. The number of nitrogens with one attached hydrogen (secondary N) is 2. The highest BCUT2D eigenvalue weighted by Gasteiger charge is 2.58. The zero-order chi connectivity index (χ0) is 14.5. The van der Waals surface area contributed by atoms with Crippen molar-refractivity contribution in [2.24, 2.45) is 0 Å². The van der Waals surface area contributed by atoms with Crippen molar-refractivity contribution >= 4 is 5.82 Å². The first-order valence-corrected chi connectivity index (χ1v) is 5.72. The molecule has 0 aromatic carbocycles. The van der Waals surface area contributed by atoms with Crippen LogP contribution in [0, 0.1) is 0 Å². The number of H-pyrrole nitrogens is 2. The molecule has 0 aliphatic heterocycles. The first kappa shape index (κ1) is 12.5. The minimum absolute atomic E-state index is 0.0299. The Bertz CT molecular complexity index is 798. The van der Waals surface area contributed by atoms with Gasteiger partial charge in [0.1, 0.15) is 11.5 Å². The van der Waals surface area contributed by atoms with Crippen molar-refractivity contribution in [2.45, 2.75) is 18.3 Å². The van der Waals surface area contributed by atoms with Gasteiger partial charge in [0.2, 0.25) is 0 Å². The molecule has 1 unspecified atom stereocenters. The fourth-order valence-electron chi connectivity index (χ4n) is 1.98. The van der Waals surface area contributed by atoms with Gasteiger partial charge in [-0.25, -0.2) is 13.6 Å². The summed E-state index contributed by atoms with van der Waals surface area (Å²) in [7, 11) is 0. The number of halogens is 2. The minimum Gasteiger partial charge on any atom is -0.382 e. The second kappa shape index (κ2) is 3.95. The summed E-state index contributed by atoms with van der Waals surface area (Å²) in [6, 6.07) is 1.30. The number of aromatic nitrogens is 4.